The molecule has 0 bridgehead atoms. The van der Waals surface area contributed by atoms with E-state index in [-0.39, 0.29) is 12.0 Å². The zero-order valence-corrected chi connectivity index (χ0v) is 7.42. The van der Waals surface area contributed by atoms with Crippen LogP contribution in [0.5, 0.6) is 0 Å². The molecule has 0 aliphatic heterocycles. The standard InChI is InChI=1S/C9H11NO2/c1-6-4-7(2)9(10(11)12)8(3)5-6/h4-5H,1-3H3/p+1. The Kier molecular flexibility index (Phi) is 2.13. The number of nitro groups is 1. The molecule has 0 amide bonds. The fourth-order valence-corrected chi connectivity index (χ4v) is 1.46. The second kappa shape index (κ2) is 2.93. The van der Waals surface area contributed by atoms with Gasteiger partial charge in [-0.3, -0.25) is 10.1 Å². The molecule has 0 saturated carbocycles. The lowest BCUT2D eigenvalue weighted by atomic mass is 10.1. The average molecular weight is 166 g/mol. The summed E-state index contributed by atoms with van der Waals surface area (Å²) in [6.07, 6.45) is 0. The fourth-order valence-electron chi connectivity index (χ4n) is 1.46. The Morgan fingerprint density at radius 3 is 2.00 bits per heavy atom. The molecule has 0 aromatic heterocycles. The minimum Gasteiger partial charge on any atom is -0.258 e. The van der Waals surface area contributed by atoms with Crippen LogP contribution in [0.15, 0.2) is 12.1 Å². The van der Waals surface area contributed by atoms with Gasteiger partial charge in [-0.25, -0.2) is 0 Å². The lowest BCUT2D eigenvalue weighted by Crippen LogP contribution is -1.95. The lowest BCUT2D eigenvalue weighted by Gasteiger charge is -2.01. The second-order valence-corrected chi connectivity index (χ2v) is 3.00. The molecule has 0 atom stereocenters. The second-order valence-electron chi connectivity index (χ2n) is 3.00. The number of aryl methyl sites for hydroxylation is 3. The molecule has 0 radical (unpaired) electrons. The summed E-state index contributed by atoms with van der Waals surface area (Å²) in [5.74, 6) is 0. The van der Waals surface area contributed by atoms with E-state index in [1.54, 1.807) is 13.8 Å². The summed E-state index contributed by atoms with van der Waals surface area (Å²) in [5, 5.41) is 10.6. The van der Waals surface area contributed by atoms with Gasteiger partial charge in [-0.15, -0.1) is 0 Å². The maximum atomic E-state index is 10.6. The summed E-state index contributed by atoms with van der Waals surface area (Å²) in [6, 6.07) is 3.65. The Morgan fingerprint density at radius 1 is 1.25 bits per heavy atom. The largest absolute Gasteiger partial charge is 1.00 e. The Morgan fingerprint density at radius 2 is 1.67 bits per heavy atom. The van der Waals surface area contributed by atoms with E-state index in [2.05, 4.69) is 0 Å². The van der Waals surface area contributed by atoms with Gasteiger partial charge < -0.3 is 0 Å². The maximum Gasteiger partial charge on any atom is 1.00 e. The van der Waals surface area contributed by atoms with E-state index in [1.165, 1.54) is 0 Å². The van der Waals surface area contributed by atoms with Crippen molar-refractivity contribution in [3.63, 3.8) is 0 Å². The molecular formula is C9H12NO2+. The van der Waals surface area contributed by atoms with E-state index in [9.17, 15) is 10.1 Å². The first-order valence-electron chi connectivity index (χ1n) is 3.74. The number of hydrogen-bond donors (Lipinski definition) is 0. The third kappa shape index (κ3) is 1.44. The van der Waals surface area contributed by atoms with Crippen molar-refractivity contribution < 1.29 is 6.35 Å². The van der Waals surface area contributed by atoms with Gasteiger partial charge in [0.1, 0.15) is 0 Å². The highest BCUT2D eigenvalue weighted by Gasteiger charge is 2.13. The highest BCUT2D eigenvalue weighted by Crippen LogP contribution is 2.23. The first-order valence-corrected chi connectivity index (χ1v) is 3.74. The van der Waals surface area contributed by atoms with Gasteiger partial charge in [-0.2, -0.15) is 0 Å². The first kappa shape index (κ1) is 8.71. The Labute approximate surface area is 72.7 Å². The van der Waals surface area contributed by atoms with Crippen molar-refractivity contribution in [3.05, 3.63) is 38.9 Å². The Hall–Kier alpha value is -1.38. The van der Waals surface area contributed by atoms with Gasteiger partial charge >= 0.3 is 1.43 Å². The number of nitrogens with zero attached hydrogens (tertiary/aromatic N) is 1. The summed E-state index contributed by atoms with van der Waals surface area (Å²) in [5.41, 5.74) is 2.77. The molecule has 0 fully saturated rings. The Balaban J connectivity index is 0.00000144. The quantitative estimate of drug-likeness (QED) is 0.475. The van der Waals surface area contributed by atoms with E-state index in [0.29, 0.717) is 0 Å². The highest BCUT2D eigenvalue weighted by molar-refractivity contribution is 5.48. The molecule has 3 heteroatoms. The van der Waals surface area contributed by atoms with Crippen LogP contribution in [-0.2, 0) is 0 Å². The molecule has 1 aromatic carbocycles. The predicted molar refractivity (Wildman–Crippen MR) is 48.4 cm³/mol. The molecule has 0 aliphatic rings. The number of benzene rings is 1. The normalized spacial score (nSPS) is 9.92. The Bertz CT molecular complexity index is 313. The van der Waals surface area contributed by atoms with Crippen LogP contribution in [0.25, 0.3) is 0 Å². The maximum absolute atomic E-state index is 10.6. The van der Waals surface area contributed by atoms with Crippen molar-refractivity contribution in [2.45, 2.75) is 20.8 Å². The van der Waals surface area contributed by atoms with Crippen LogP contribution < -0.4 is 0 Å². The van der Waals surface area contributed by atoms with Crippen LogP contribution in [0.3, 0.4) is 0 Å². The summed E-state index contributed by atoms with van der Waals surface area (Å²) in [7, 11) is 0. The molecule has 1 aromatic rings. The zero-order chi connectivity index (χ0) is 9.30. The number of hydrogen-bond acceptors (Lipinski definition) is 2. The lowest BCUT2D eigenvalue weighted by molar-refractivity contribution is -0.386. The molecular weight excluding hydrogens is 154 g/mol. The molecule has 0 saturated heterocycles. The highest BCUT2D eigenvalue weighted by atomic mass is 16.6. The molecule has 0 heterocycles. The van der Waals surface area contributed by atoms with Crippen molar-refractivity contribution in [2.75, 3.05) is 0 Å². The van der Waals surface area contributed by atoms with Crippen molar-refractivity contribution in [3.8, 4) is 0 Å². The molecule has 3 nitrogen and oxygen atoms in total. The summed E-state index contributed by atoms with van der Waals surface area (Å²) in [6.45, 7) is 5.46. The summed E-state index contributed by atoms with van der Waals surface area (Å²) in [4.78, 5) is 10.2. The minimum absolute atomic E-state index is 0. The average Bonchev–Trinajstić information content (AvgIpc) is 1.82. The van der Waals surface area contributed by atoms with Crippen molar-refractivity contribution in [1.82, 2.24) is 0 Å². The van der Waals surface area contributed by atoms with Crippen LogP contribution >= 0.6 is 0 Å². The zero-order valence-electron chi connectivity index (χ0n) is 8.42. The molecule has 12 heavy (non-hydrogen) atoms. The molecule has 0 N–H and O–H groups in total. The molecule has 0 aliphatic carbocycles. The van der Waals surface area contributed by atoms with Gasteiger partial charge in [0, 0.05) is 11.1 Å². The van der Waals surface area contributed by atoms with E-state index >= 15 is 0 Å². The van der Waals surface area contributed by atoms with E-state index in [1.807, 2.05) is 19.1 Å². The van der Waals surface area contributed by atoms with Crippen LogP contribution in [-0.4, -0.2) is 4.92 Å². The van der Waals surface area contributed by atoms with Gasteiger partial charge in [-0.05, 0) is 32.9 Å². The predicted octanol–water partition coefficient (Wildman–Crippen LogP) is 2.63. The van der Waals surface area contributed by atoms with Gasteiger partial charge in [0.15, 0.2) is 0 Å². The molecule has 64 valence electrons. The van der Waals surface area contributed by atoms with Crippen LogP contribution in [0, 0.1) is 30.9 Å². The fraction of sp³-hybridized carbons (Fsp3) is 0.333. The third-order valence-corrected chi connectivity index (χ3v) is 1.82. The van der Waals surface area contributed by atoms with Gasteiger partial charge in [0.25, 0.3) is 5.69 Å². The monoisotopic (exact) mass is 166 g/mol. The van der Waals surface area contributed by atoms with Gasteiger partial charge in [-0.1, -0.05) is 5.56 Å². The van der Waals surface area contributed by atoms with E-state index < -0.39 is 0 Å². The van der Waals surface area contributed by atoms with Crippen molar-refractivity contribution in [1.29, 1.82) is 0 Å². The van der Waals surface area contributed by atoms with Gasteiger partial charge in [0.05, 0.1) is 4.92 Å². The van der Waals surface area contributed by atoms with Crippen LogP contribution in [0.2, 0.25) is 0 Å². The topological polar surface area (TPSA) is 43.1 Å². The SMILES string of the molecule is Cc1cc(C)c([N+](=O)[O-])c(C)c1.[H+]. The molecule has 0 unspecified atom stereocenters. The number of nitro benzene ring substituents is 1. The van der Waals surface area contributed by atoms with Crippen LogP contribution in [0.1, 0.15) is 18.1 Å². The van der Waals surface area contributed by atoms with Crippen molar-refractivity contribution in [2.24, 2.45) is 0 Å². The van der Waals surface area contributed by atoms with Crippen molar-refractivity contribution >= 4 is 5.69 Å². The van der Waals surface area contributed by atoms with Crippen LogP contribution in [0.4, 0.5) is 5.69 Å². The summed E-state index contributed by atoms with van der Waals surface area (Å²) >= 11 is 0. The summed E-state index contributed by atoms with van der Waals surface area (Å²) < 4.78 is 0. The van der Waals surface area contributed by atoms with E-state index in [0.717, 1.165) is 16.7 Å². The van der Waals surface area contributed by atoms with Gasteiger partial charge in [0.2, 0.25) is 0 Å². The third-order valence-electron chi connectivity index (χ3n) is 1.82. The minimum atomic E-state index is -0.329. The molecule has 1 rings (SSSR count). The first-order chi connectivity index (χ1) is 5.52. The molecule has 0 spiro atoms. The van der Waals surface area contributed by atoms with E-state index in [4.69, 9.17) is 0 Å². The smallest absolute Gasteiger partial charge is 0.258 e. The number of rotatable bonds is 1.